The lowest BCUT2D eigenvalue weighted by molar-refractivity contribution is 0.0941. The first-order valence-electron chi connectivity index (χ1n) is 6.95. The van der Waals surface area contributed by atoms with Crippen LogP contribution in [0.5, 0.6) is 0 Å². The zero-order valence-electron chi connectivity index (χ0n) is 12.8. The van der Waals surface area contributed by atoms with E-state index in [1.165, 1.54) is 12.1 Å². The van der Waals surface area contributed by atoms with E-state index in [-0.39, 0.29) is 35.7 Å². The van der Waals surface area contributed by atoms with Gasteiger partial charge in [0.1, 0.15) is 11.6 Å². The lowest BCUT2D eigenvalue weighted by Crippen LogP contribution is -2.23. The minimum atomic E-state index is -0.469. The number of carbonyl (C=O) groups is 1. The quantitative estimate of drug-likeness (QED) is 0.910. The van der Waals surface area contributed by atoms with E-state index in [1.54, 1.807) is 12.1 Å². The number of nitrogens with one attached hydrogen (secondary N) is 1. The van der Waals surface area contributed by atoms with Gasteiger partial charge < -0.3 is 14.9 Å². The van der Waals surface area contributed by atoms with Crippen molar-refractivity contribution < 1.29 is 18.8 Å². The van der Waals surface area contributed by atoms with Crippen molar-refractivity contribution >= 4 is 5.91 Å². The molecule has 0 aliphatic heterocycles. The fraction of sp³-hybridized carbons (Fsp3) is 0.375. The molecule has 1 amide bonds. The third-order valence-electron chi connectivity index (χ3n) is 3.22. The van der Waals surface area contributed by atoms with E-state index in [0.717, 1.165) is 0 Å². The van der Waals surface area contributed by atoms with Crippen LogP contribution in [0.15, 0.2) is 28.8 Å². The fourth-order valence-electron chi connectivity index (χ4n) is 1.87. The van der Waals surface area contributed by atoms with E-state index in [4.69, 9.17) is 9.63 Å². The van der Waals surface area contributed by atoms with Gasteiger partial charge in [-0.15, -0.1) is 0 Å². The average molecular weight is 306 g/mol. The molecule has 1 heterocycles. The average Bonchev–Trinajstić information content (AvgIpc) is 2.96. The SMILES string of the molecule is CC(C)(C)c1cc(C(=O)NCc2ccc(F)c(CO)c2)no1. The molecule has 118 valence electrons. The predicted molar refractivity (Wildman–Crippen MR) is 78.7 cm³/mol. The highest BCUT2D eigenvalue weighted by Gasteiger charge is 2.22. The van der Waals surface area contributed by atoms with Crippen molar-refractivity contribution in [1.29, 1.82) is 0 Å². The van der Waals surface area contributed by atoms with Crippen LogP contribution in [0.4, 0.5) is 4.39 Å². The van der Waals surface area contributed by atoms with Gasteiger partial charge in [0.05, 0.1) is 6.61 Å². The van der Waals surface area contributed by atoms with E-state index in [1.807, 2.05) is 20.8 Å². The molecule has 6 heteroatoms. The molecular formula is C16H19FN2O3. The van der Waals surface area contributed by atoms with Crippen molar-refractivity contribution in [1.82, 2.24) is 10.5 Å². The molecule has 0 aliphatic rings. The Balaban J connectivity index is 2.02. The number of aliphatic hydroxyl groups is 1. The van der Waals surface area contributed by atoms with Crippen LogP contribution in [-0.4, -0.2) is 16.2 Å². The highest BCUT2D eigenvalue weighted by atomic mass is 19.1. The number of rotatable bonds is 4. The summed E-state index contributed by atoms with van der Waals surface area (Å²) < 4.78 is 18.4. The fourth-order valence-corrected chi connectivity index (χ4v) is 1.87. The summed E-state index contributed by atoms with van der Waals surface area (Å²) in [6.45, 7) is 5.72. The molecule has 0 atom stereocenters. The first-order chi connectivity index (χ1) is 10.3. The van der Waals surface area contributed by atoms with Gasteiger partial charge >= 0.3 is 0 Å². The van der Waals surface area contributed by atoms with Gasteiger partial charge in [-0.3, -0.25) is 4.79 Å². The molecule has 5 nitrogen and oxygen atoms in total. The van der Waals surface area contributed by atoms with Crippen molar-refractivity contribution in [2.24, 2.45) is 0 Å². The minimum Gasteiger partial charge on any atom is -0.392 e. The smallest absolute Gasteiger partial charge is 0.273 e. The minimum absolute atomic E-state index is 0.197. The van der Waals surface area contributed by atoms with Crippen LogP contribution in [-0.2, 0) is 18.6 Å². The maximum Gasteiger partial charge on any atom is 0.273 e. The number of aliphatic hydroxyl groups excluding tert-OH is 1. The molecule has 0 aliphatic carbocycles. The van der Waals surface area contributed by atoms with Crippen LogP contribution in [0.25, 0.3) is 0 Å². The Morgan fingerprint density at radius 1 is 1.36 bits per heavy atom. The zero-order valence-corrected chi connectivity index (χ0v) is 12.8. The Labute approximate surface area is 128 Å². The lowest BCUT2D eigenvalue weighted by atomic mass is 9.93. The summed E-state index contributed by atoms with van der Waals surface area (Å²) in [6.07, 6.45) is 0. The summed E-state index contributed by atoms with van der Waals surface area (Å²) in [6, 6.07) is 5.94. The summed E-state index contributed by atoms with van der Waals surface area (Å²) in [7, 11) is 0. The summed E-state index contributed by atoms with van der Waals surface area (Å²) in [5.41, 5.74) is 0.870. The summed E-state index contributed by atoms with van der Waals surface area (Å²) in [5, 5.41) is 15.5. The second-order valence-electron chi connectivity index (χ2n) is 6.09. The molecule has 0 spiro atoms. The number of hydrogen-bond acceptors (Lipinski definition) is 4. The highest BCUT2D eigenvalue weighted by Crippen LogP contribution is 2.22. The largest absolute Gasteiger partial charge is 0.392 e. The van der Waals surface area contributed by atoms with Gasteiger partial charge in [0.2, 0.25) is 0 Å². The molecule has 2 rings (SSSR count). The number of hydrogen-bond donors (Lipinski definition) is 2. The second-order valence-corrected chi connectivity index (χ2v) is 6.09. The Morgan fingerprint density at radius 3 is 2.68 bits per heavy atom. The maximum absolute atomic E-state index is 13.3. The highest BCUT2D eigenvalue weighted by molar-refractivity contribution is 5.92. The van der Waals surface area contributed by atoms with Crippen LogP contribution in [0.3, 0.4) is 0 Å². The van der Waals surface area contributed by atoms with E-state index in [0.29, 0.717) is 11.3 Å². The summed E-state index contributed by atoms with van der Waals surface area (Å²) in [5.74, 6) is -0.208. The standard InChI is InChI=1S/C16H19FN2O3/c1-16(2,3)14-7-13(19-22-14)15(21)18-8-10-4-5-12(17)11(6-10)9-20/h4-7,20H,8-9H2,1-3H3,(H,18,21). The molecule has 0 saturated heterocycles. The number of halogens is 1. The normalized spacial score (nSPS) is 11.5. The molecule has 0 radical (unpaired) electrons. The summed E-state index contributed by atoms with van der Waals surface area (Å²) >= 11 is 0. The topological polar surface area (TPSA) is 75.4 Å². The molecule has 1 aromatic carbocycles. The number of aromatic nitrogens is 1. The Hall–Kier alpha value is -2.21. The molecule has 1 aromatic heterocycles. The number of nitrogens with zero attached hydrogens (tertiary/aromatic N) is 1. The number of benzene rings is 1. The van der Waals surface area contributed by atoms with Gasteiger partial charge in [0.15, 0.2) is 5.69 Å². The van der Waals surface area contributed by atoms with Crippen molar-refractivity contribution in [2.45, 2.75) is 39.3 Å². The van der Waals surface area contributed by atoms with Crippen molar-refractivity contribution in [2.75, 3.05) is 0 Å². The number of amides is 1. The van der Waals surface area contributed by atoms with Crippen LogP contribution in [0.1, 0.15) is 48.1 Å². The van der Waals surface area contributed by atoms with Crippen molar-refractivity contribution in [3.8, 4) is 0 Å². The van der Waals surface area contributed by atoms with E-state index < -0.39 is 5.82 Å². The van der Waals surface area contributed by atoms with Gasteiger partial charge in [-0.25, -0.2) is 4.39 Å². The van der Waals surface area contributed by atoms with Gasteiger partial charge in [-0.1, -0.05) is 32.0 Å². The zero-order chi connectivity index (χ0) is 16.3. The summed E-state index contributed by atoms with van der Waals surface area (Å²) in [4.78, 5) is 12.0. The molecular weight excluding hydrogens is 287 g/mol. The number of carbonyl (C=O) groups excluding carboxylic acids is 1. The second kappa shape index (κ2) is 6.27. The Bertz CT molecular complexity index is 674. The molecule has 22 heavy (non-hydrogen) atoms. The Morgan fingerprint density at radius 2 is 2.09 bits per heavy atom. The first-order valence-corrected chi connectivity index (χ1v) is 6.95. The van der Waals surface area contributed by atoms with Gasteiger partial charge in [-0.2, -0.15) is 0 Å². The van der Waals surface area contributed by atoms with Crippen LogP contribution >= 0.6 is 0 Å². The Kier molecular flexibility index (Phi) is 4.61. The maximum atomic E-state index is 13.3. The lowest BCUT2D eigenvalue weighted by Gasteiger charge is -2.12. The van der Waals surface area contributed by atoms with Crippen molar-refractivity contribution in [3.05, 3.63) is 52.7 Å². The van der Waals surface area contributed by atoms with Crippen LogP contribution in [0, 0.1) is 5.82 Å². The van der Waals surface area contributed by atoms with Gasteiger partial charge in [0, 0.05) is 23.6 Å². The van der Waals surface area contributed by atoms with Crippen LogP contribution < -0.4 is 5.32 Å². The first kappa shape index (κ1) is 16.2. The van der Waals surface area contributed by atoms with Crippen LogP contribution in [0.2, 0.25) is 0 Å². The van der Waals surface area contributed by atoms with Gasteiger partial charge in [-0.05, 0) is 17.7 Å². The van der Waals surface area contributed by atoms with Gasteiger partial charge in [0.25, 0.3) is 5.91 Å². The molecule has 0 saturated carbocycles. The molecule has 0 fully saturated rings. The molecule has 0 unspecified atom stereocenters. The van der Waals surface area contributed by atoms with Crippen molar-refractivity contribution in [3.63, 3.8) is 0 Å². The third kappa shape index (κ3) is 3.71. The predicted octanol–water partition coefficient (Wildman–Crippen LogP) is 2.53. The molecule has 0 bridgehead atoms. The van der Waals surface area contributed by atoms with E-state index in [2.05, 4.69) is 10.5 Å². The monoisotopic (exact) mass is 306 g/mol. The van der Waals surface area contributed by atoms with E-state index >= 15 is 0 Å². The van der Waals surface area contributed by atoms with E-state index in [9.17, 15) is 9.18 Å². The third-order valence-corrected chi connectivity index (χ3v) is 3.22. The molecule has 2 N–H and O–H groups in total. The molecule has 2 aromatic rings.